The van der Waals surface area contributed by atoms with Crippen molar-refractivity contribution in [1.82, 2.24) is 0 Å². The quantitative estimate of drug-likeness (QED) is 0.370. The molecule has 0 saturated heterocycles. The van der Waals surface area contributed by atoms with Crippen LogP contribution in [0.1, 0.15) is 39.7 Å². The molecule has 20 heavy (non-hydrogen) atoms. The molecule has 0 aromatic heterocycles. The zero-order valence-corrected chi connectivity index (χ0v) is 12.7. The molecule has 7 heteroatoms. The number of halogens is 1. The largest absolute Gasteiger partial charge is 0.591 e. The normalized spacial score (nSPS) is 14.2. The van der Waals surface area contributed by atoms with Gasteiger partial charge in [0.2, 0.25) is 0 Å². The van der Waals surface area contributed by atoms with E-state index in [1.165, 1.54) is 0 Å². The summed E-state index contributed by atoms with van der Waals surface area (Å²) in [6, 6.07) is 3.24. The highest BCUT2D eigenvalue weighted by molar-refractivity contribution is 7.91. The van der Waals surface area contributed by atoms with E-state index in [1.54, 1.807) is 27.7 Å². The summed E-state index contributed by atoms with van der Waals surface area (Å²) >= 11 is -1.54. The molecule has 0 aliphatic rings. The first kappa shape index (κ1) is 16.6. The monoisotopic (exact) mass is 300 g/mol. The van der Waals surface area contributed by atoms with Crippen molar-refractivity contribution in [2.45, 2.75) is 38.9 Å². The number of nitro groups is 1. The van der Waals surface area contributed by atoms with Gasteiger partial charge in [0.25, 0.3) is 5.69 Å². The smallest absolute Gasteiger partial charge is 0.270 e. The lowest BCUT2D eigenvalue weighted by molar-refractivity contribution is -0.384. The van der Waals surface area contributed by atoms with Gasteiger partial charge in [-0.2, -0.15) is 0 Å². The SMILES string of the molecule is CC/C(=N\[S+]([O-])C(C)(C)C)c1cc([N+](=O)[O-])ccc1F. The second kappa shape index (κ2) is 6.32. The van der Waals surface area contributed by atoms with Crippen LogP contribution < -0.4 is 0 Å². The second-order valence-electron chi connectivity index (χ2n) is 5.17. The van der Waals surface area contributed by atoms with Gasteiger partial charge < -0.3 is 4.55 Å². The minimum atomic E-state index is -1.54. The van der Waals surface area contributed by atoms with Gasteiger partial charge in [-0.05, 0) is 33.3 Å². The predicted molar refractivity (Wildman–Crippen MR) is 77.8 cm³/mol. The fourth-order valence-corrected chi connectivity index (χ4v) is 2.09. The Morgan fingerprint density at radius 2 is 2.05 bits per heavy atom. The van der Waals surface area contributed by atoms with Crippen LogP contribution in [-0.2, 0) is 11.4 Å². The Hall–Kier alpha value is -1.47. The Labute approximate surface area is 120 Å². The molecule has 0 N–H and O–H groups in total. The molecule has 0 radical (unpaired) electrons. The topological polar surface area (TPSA) is 78.6 Å². The third-order valence-electron chi connectivity index (χ3n) is 2.52. The molecule has 0 saturated carbocycles. The van der Waals surface area contributed by atoms with Crippen LogP contribution in [0.5, 0.6) is 0 Å². The number of hydrogen-bond donors (Lipinski definition) is 0. The molecule has 1 aromatic rings. The molecule has 1 rings (SSSR count). The van der Waals surface area contributed by atoms with Crippen molar-refractivity contribution in [2.75, 3.05) is 0 Å². The lowest BCUT2D eigenvalue weighted by Crippen LogP contribution is -2.27. The van der Waals surface area contributed by atoms with Crippen LogP contribution >= 0.6 is 0 Å². The van der Waals surface area contributed by atoms with E-state index in [0.717, 1.165) is 18.2 Å². The summed E-state index contributed by atoms with van der Waals surface area (Å²) in [7, 11) is 0. The van der Waals surface area contributed by atoms with Crippen LogP contribution in [0.25, 0.3) is 0 Å². The minimum Gasteiger partial charge on any atom is -0.591 e. The molecule has 110 valence electrons. The van der Waals surface area contributed by atoms with Crippen LogP contribution in [0.15, 0.2) is 22.6 Å². The molecule has 0 aliphatic heterocycles. The molecule has 1 aromatic carbocycles. The highest BCUT2D eigenvalue weighted by atomic mass is 32.2. The summed E-state index contributed by atoms with van der Waals surface area (Å²) in [5.74, 6) is -0.609. The van der Waals surface area contributed by atoms with Crippen LogP contribution in [-0.4, -0.2) is 19.9 Å². The van der Waals surface area contributed by atoms with E-state index in [9.17, 15) is 19.1 Å². The fourth-order valence-electron chi connectivity index (χ4n) is 1.39. The number of rotatable bonds is 4. The number of benzene rings is 1. The summed E-state index contributed by atoms with van der Waals surface area (Å²) in [6.45, 7) is 6.99. The van der Waals surface area contributed by atoms with Gasteiger partial charge in [0.1, 0.15) is 27.6 Å². The Bertz CT molecular complexity index is 541. The van der Waals surface area contributed by atoms with Gasteiger partial charge >= 0.3 is 0 Å². The third-order valence-corrected chi connectivity index (χ3v) is 3.96. The zero-order valence-electron chi connectivity index (χ0n) is 11.8. The van der Waals surface area contributed by atoms with Crippen LogP contribution in [0.2, 0.25) is 0 Å². The summed E-state index contributed by atoms with van der Waals surface area (Å²) < 4.78 is 29.3. The lowest BCUT2D eigenvalue weighted by Gasteiger charge is -2.19. The molecular weight excluding hydrogens is 283 g/mol. The molecule has 0 amide bonds. The maximum atomic E-state index is 13.8. The Kier molecular flexibility index (Phi) is 5.24. The van der Waals surface area contributed by atoms with Gasteiger partial charge in [-0.3, -0.25) is 10.1 Å². The fraction of sp³-hybridized carbons (Fsp3) is 0.462. The van der Waals surface area contributed by atoms with Crippen molar-refractivity contribution < 1.29 is 13.9 Å². The zero-order chi connectivity index (χ0) is 15.5. The van der Waals surface area contributed by atoms with Crippen LogP contribution in [0, 0.1) is 15.9 Å². The molecule has 0 bridgehead atoms. The molecule has 1 atom stereocenters. The van der Waals surface area contributed by atoms with E-state index in [2.05, 4.69) is 4.40 Å². The van der Waals surface area contributed by atoms with Crippen molar-refractivity contribution >= 4 is 22.8 Å². The van der Waals surface area contributed by atoms with Gasteiger partial charge in [0.15, 0.2) is 0 Å². The molecule has 0 heterocycles. The molecule has 0 fully saturated rings. The third kappa shape index (κ3) is 4.01. The molecular formula is C13H17FN2O3S. The summed E-state index contributed by atoms with van der Waals surface area (Å²) in [4.78, 5) is 10.1. The average Bonchev–Trinajstić information content (AvgIpc) is 2.35. The Balaban J connectivity index is 3.28. The first-order chi connectivity index (χ1) is 9.16. The van der Waals surface area contributed by atoms with E-state index in [0.29, 0.717) is 6.42 Å². The predicted octanol–water partition coefficient (Wildman–Crippen LogP) is 3.40. The summed E-state index contributed by atoms with van der Waals surface area (Å²) in [5.41, 5.74) is 0.0721. The van der Waals surface area contributed by atoms with E-state index < -0.39 is 26.8 Å². The average molecular weight is 300 g/mol. The molecule has 0 aliphatic carbocycles. The standard InChI is InChI=1S/C13H17FN2O3S/c1-5-12(15-20(19)13(2,3)4)10-8-9(16(17)18)6-7-11(10)14/h6-8H,5H2,1-4H3/b15-12+. The van der Waals surface area contributed by atoms with Gasteiger partial charge in [0, 0.05) is 17.7 Å². The second-order valence-corrected chi connectivity index (χ2v) is 7.08. The molecule has 0 spiro atoms. The maximum absolute atomic E-state index is 13.8. The van der Waals surface area contributed by atoms with E-state index in [1.807, 2.05) is 0 Å². The van der Waals surface area contributed by atoms with Crippen molar-refractivity contribution in [3.05, 3.63) is 39.7 Å². The number of nitrogens with zero attached hydrogens (tertiary/aromatic N) is 2. The Morgan fingerprint density at radius 3 is 2.50 bits per heavy atom. The highest BCUT2D eigenvalue weighted by Crippen LogP contribution is 2.22. The highest BCUT2D eigenvalue weighted by Gasteiger charge is 2.28. The van der Waals surface area contributed by atoms with Crippen molar-refractivity contribution in [3.8, 4) is 0 Å². The van der Waals surface area contributed by atoms with Crippen LogP contribution in [0.3, 0.4) is 0 Å². The number of non-ortho nitro benzene ring substituents is 1. The maximum Gasteiger partial charge on any atom is 0.270 e. The lowest BCUT2D eigenvalue weighted by atomic mass is 10.1. The minimum absolute atomic E-state index is 0.0271. The van der Waals surface area contributed by atoms with Crippen molar-refractivity contribution in [1.29, 1.82) is 0 Å². The van der Waals surface area contributed by atoms with E-state index in [4.69, 9.17) is 0 Å². The summed E-state index contributed by atoms with van der Waals surface area (Å²) in [5, 5.41) is 10.7. The summed E-state index contributed by atoms with van der Waals surface area (Å²) in [6.07, 6.45) is 0.333. The Morgan fingerprint density at radius 1 is 1.45 bits per heavy atom. The first-order valence-corrected chi connectivity index (χ1v) is 7.21. The number of hydrogen-bond acceptors (Lipinski definition) is 4. The first-order valence-electron chi connectivity index (χ1n) is 6.10. The van der Waals surface area contributed by atoms with E-state index in [-0.39, 0.29) is 17.0 Å². The molecule has 1 unspecified atom stereocenters. The number of nitro benzene ring substituents is 1. The van der Waals surface area contributed by atoms with Crippen molar-refractivity contribution in [2.24, 2.45) is 4.40 Å². The van der Waals surface area contributed by atoms with Crippen molar-refractivity contribution in [3.63, 3.8) is 0 Å². The van der Waals surface area contributed by atoms with Crippen LogP contribution in [0.4, 0.5) is 10.1 Å². The van der Waals surface area contributed by atoms with Gasteiger partial charge in [0.05, 0.1) is 4.92 Å². The van der Waals surface area contributed by atoms with Gasteiger partial charge in [-0.1, -0.05) is 11.3 Å². The van der Waals surface area contributed by atoms with Gasteiger partial charge in [-0.15, -0.1) is 0 Å². The van der Waals surface area contributed by atoms with E-state index >= 15 is 0 Å². The molecule has 5 nitrogen and oxygen atoms in total. The van der Waals surface area contributed by atoms with Gasteiger partial charge in [-0.25, -0.2) is 4.39 Å².